The molecule has 0 bridgehead atoms. The van der Waals surface area contributed by atoms with Crippen LogP contribution in [0.1, 0.15) is 25.7 Å². The maximum atomic E-state index is 11.8. The second-order valence-electron chi connectivity index (χ2n) is 4.78. The lowest BCUT2D eigenvalue weighted by molar-refractivity contribution is -0.130. The van der Waals surface area contributed by atoms with Crippen molar-refractivity contribution in [2.45, 2.75) is 25.7 Å². The average molecular weight is 225 g/mol. The van der Waals surface area contributed by atoms with Crippen molar-refractivity contribution < 1.29 is 4.79 Å². The number of rotatable bonds is 3. The highest BCUT2D eigenvalue weighted by atomic mass is 16.2. The van der Waals surface area contributed by atoms with Gasteiger partial charge in [0.2, 0.25) is 5.91 Å². The molecule has 0 aromatic rings. The van der Waals surface area contributed by atoms with Crippen molar-refractivity contribution >= 4 is 5.91 Å². The minimum atomic E-state index is 0.321. The summed E-state index contributed by atoms with van der Waals surface area (Å²) in [6.07, 6.45) is 4.70. The molecule has 0 saturated carbocycles. The molecule has 1 amide bonds. The van der Waals surface area contributed by atoms with Gasteiger partial charge in [-0.3, -0.25) is 4.79 Å². The van der Waals surface area contributed by atoms with Gasteiger partial charge in [0, 0.05) is 39.1 Å². The molecular formula is C12H23N3O. The van der Waals surface area contributed by atoms with Gasteiger partial charge >= 0.3 is 0 Å². The lowest BCUT2D eigenvalue weighted by Gasteiger charge is -2.29. The first-order valence-electron chi connectivity index (χ1n) is 6.57. The first-order chi connectivity index (χ1) is 7.86. The van der Waals surface area contributed by atoms with Gasteiger partial charge in [0.15, 0.2) is 0 Å². The molecular weight excluding hydrogens is 202 g/mol. The number of nitrogens with one attached hydrogen (secondary N) is 1. The highest BCUT2D eigenvalue weighted by Gasteiger charge is 2.17. The van der Waals surface area contributed by atoms with Crippen molar-refractivity contribution in [2.24, 2.45) is 0 Å². The van der Waals surface area contributed by atoms with Crippen molar-refractivity contribution in [3.63, 3.8) is 0 Å². The summed E-state index contributed by atoms with van der Waals surface area (Å²) >= 11 is 0. The van der Waals surface area contributed by atoms with Crippen molar-refractivity contribution in [3.8, 4) is 0 Å². The number of likely N-dealkylation sites (tertiary alicyclic amines) is 1. The molecule has 0 aromatic heterocycles. The van der Waals surface area contributed by atoms with E-state index in [1.54, 1.807) is 0 Å². The maximum Gasteiger partial charge on any atom is 0.223 e. The second-order valence-corrected chi connectivity index (χ2v) is 4.78. The Hall–Kier alpha value is -0.610. The van der Waals surface area contributed by atoms with E-state index in [-0.39, 0.29) is 0 Å². The fourth-order valence-electron chi connectivity index (χ4n) is 2.50. The average Bonchev–Trinajstić information content (AvgIpc) is 2.53. The predicted molar refractivity (Wildman–Crippen MR) is 64.4 cm³/mol. The van der Waals surface area contributed by atoms with Crippen LogP contribution in [0.15, 0.2) is 0 Å². The largest absolute Gasteiger partial charge is 0.340 e. The van der Waals surface area contributed by atoms with Gasteiger partial charge in [-0.05, 0) is 25.9 Å². The van der Waals surface area contributed by atoms with Gasteiger partial charge in [0.05, 0.1) is 0 Å². The third-order valence-corrected chi connectivity index (χ3v) is 3.56. The molecule has 2 rings (SSSR count). The molecule has 2 saturated heterocycles. The van der Waals surface area contributed by atoms with Gasteiger partial charge in [-0.25, -0.2) is 0 Å². The minimum absolute atomic E-state index is 0.321. The predicted octanol–water partition coefficient (Wildman–Crippen LogP) is 0.294. The van der Waals surface area contributed by atoms with Gasteiger partial charge in [-0.1, -0.05) is 6.42 Å². The summed E-state index contributed by atoms with van der Waals surface area (Å²) in [6, 6.07) is 0. The molecule has 2 aliphatic heterocycles. The quantitative estimate of drug-likeness (QED) is 0.750. The number of nitrogens with zero attached hydrogens (tertiary/aromatic N) is 2. The van der Waals surface area contributed by atoms with Crippen LogP contribution < -0.4 is 5.32 Å². The van der Waals surface area contributed by atoms with E-state index in [9.17, 15) is 4.79 Å². The van der Waals surface area contributed by atoms with E-state index in [1.807, 2.05) is 4.90 Å². The number of piperidine rings is 1. The molecule has 4 nitrogen and oxygen atoms in total. The van der Waals surface area contributed by atoms with Crippen molar-refractivity contribution in [1.82, 2.24) is 15.1 Å². The van der Waals surface area contributed by atoms with Crippen molar-refractivity contribution in [1.29, 1.82) is 0 Å². The van der Waals surface area contributed by atoms with E-state index in [2.05, 4.69) is 10.2 Å². The van der Waals surface area contributed by atoms with Crippen LogP contribution in [0.4, 0.5) is 0 Å². The zero-order valence-corrected chi connectivity index (χ0v) is 10.1. The van der Waals surface area contributed by atoms with E-state index >= 15 is 0 Å². The van der Waals surface area contributed by atoms with Crippen LogP contribution in [0, 0.1) is 0 Å². The zero-order chi connectivity index (χ0) is 11.2. The molecule has 16 heavy (non-hydrogen) atoms. The molecule has 0 unspecified atom stereocenters. The lowest BCUT2D eigenvalue weighted by atomic mass is 10.1. The summed E-state index contributed by atoms with van der Waals surface area (Å²) in [5, 5.41) is 3.27. The molecule has 0 spiro atoms. The number of hydrogen-bond donors (Lipinski definition) is 1. The summed E-state index contributed by atoms with van der Waals surface area (Å²) in [5.74, 6) is 0.321. The van der Waals surface area contributed by atoms with Crippen molar-refractivity contribution in [2.75, 3.05) is 45.8 Å². The van der Waals surface area contributed by atoms with Crippen LogP contribution >= 0.6 is 0 Å². The van der Waals surface area contributed by atoms with Crippen LogP contribution in [0.3, 0.4) is 0 Å². The van der Waals surface area contributed by atoms with E-state index in [4.69, 9.17) is 0 Å². The SMILES string of the molecule is O=C1CCNCCN1CCN1CCCCC1. The Balaban J connectivity index is 1.72. The number of hydrogen-bond acceptors (Lipinski definition) is 3. The van der Waals surface area contributed by atoms with Crippen LogP contribution in [-0.4, -0.2) is 61.5 Å². The first-order valence-corrected chi connectivity index (χ1v) is 6.57. The maximum absolute atomic E-state index is 11.8. The molecule has 0 aromatic carbocycles. The minimum Gasteiger partial charge on any atom is -0.340 e. The number of amides is 1. The van der Waals surface area contributed by atoms with Crippen molar-refractivity contribution in [3.05, 3.63) is 0 Å². The fourth-order valence-corrected chi connectivity index (χ4v) is 2.50. The summed E-state index contributed by atoms with van der Waals surface area (Å²) < 4.78 is 0. The van der Waals surface area contributed by atoms with E-state index in [0.717, 1.165) is 32.7 Å². The van der Waals surface area contributed by atoms with Crippen LogP contribution in [-0.2, 0) is 4.79 Å². The molecule has 0 aliphatic carbocycles. The van der Waals surface area contributed by atoms with Gasteiger partial charge in [0.1, 0.15) is 0 Å². The number of carbonyl (C=O) groups excluding carboxylic acids is 1. The molecule has 2 fully saturated rings. The fraction of sp³-hybridized carbons (Fsp3) is 0.917. The Kier molecular flexibility index (Phi) is 4.60. The molecule has 2 heterocycles. The Morgan fingerprint density at radius 3 is 2.62 bits per heavy atom. The highest BCUT2D eigenvalue weighted by Crippen LogP contribution is 2.08. The Bertz CT molecular complexity index is 226. The third-order valence-electron chi connectivity index (χ3n) is 3.56. The monoisotopic (exact) mass is 225 g/mol. The van der Waals surface area contributed by atoms with E-state index < -0.39 is 0 Å². The molecule has 2 aliphatic rings. The molecule has 0 radical (unpaired) electrons. The Morgan fingerprint density at radius 2 is 1.81 bits per heavy atom. The molecule has 0 atom stereocenters. The van der Waals surface area contributed by atoms with Gasteiger partial charge in [-0.15, -0.1) is 0 Å². The van der Waals surface area contributed by atoms with Gasteiger partial charge < -0.3 is 15.1 Å². The second kappa shape index (κ2) is 6.21. The first kappa shape index (κ1) is 11.9. The third kappa shape index (κ3) is 3.46. The Morgan fingerprint density at radius 1 is 1.00 bits per heavy atom. The lowest BCUT2D eigenvalue weighted by Crippen LogP contribution is -2.41. The summed E-state index contributed by atoms with van der Waals surface area (Å²) in [6.45, 7) is 7.10. The summed E-state index contributed by atoms with van der Waals surface area (Å²) in [5.41, 5.74) is 0. The summed E-state index contributed by atoms with van der Waals surface area (Å²) in [7, 11) is 0. The number of carbonyl (C=O) groups is 1. The molecule has 1 N–H and O–H groups in total. The summed E-state index contributed by atoms with van der Waals surface area (Å²) in [4.78, 5) is 16.3. The zero-order valence-electron chi connectivity index (χ0n) is 10.1. The van der Waals surface area contributed by atoms with Gasteiger partial charge in [0.25, 0.3) is 0 Å². The normalized spacial score (nSPS) is 24.5. The van der Waals surface area contributed by atoms with Crippen LogP contribution in [0.25, 0.3) is 0 Å². The molecule has 4 heteroatoms. The van der Waals surface area contributed by atoms with Crippen LogP contribution in [0.2, 0.25) is 0 Å². The van der Waals surface area contributed by atoms with E-state index in [1.165, 1.54) is 32.4 Å². The topological polar surface area (TPSA) is 35.6 Å². The Labute approximate surface area is 98.0 Å². The van der Waals surface area contributed by atoms with Crippen LogP contribution in [0.5, 0.6) is 0 Å². The molecule has 92 valence electrons. The highest BCUT2D eigenvalue weighted by molar-refractivity contribution is 5.76. The van der Waals surface area contributed by atoms with Gasteiger partial charge in [-0.2, -0.15) is 0 Å². The standard InChI is InChI=1S/C12H23N3O/c16-12-4-5-13-6-9-15(12)11-10-14-7-2-1-3-8-14/h13H,1-11H2. The smallest absolute Gasteiger partial charge is 0.223 e. The van der Waals surface area contributed by atoms with E-state index in [0.29, 0.717) is 12.3 Å².